The molecule has 1 aliphatic carbocycles. The minimum absolute atomic E-state index is 0. The number of likely N-dealkylation sites (tertiary alicyclic amines) is 1. The van der Waals surface area contributed by atoms with Gasteiger partial charge in [-0.1, -0.05) is 41.9 Å². The van der Waals surface area contributed by atoms with E-state index in [1.54, 1.807) is 0 Å². The van der Waals surface area contributed by atoms with Crippen molar-refractivity contribution in [3.05, 3.63) is 70.9 Å². The number of rotatable bonds is 4. The summed E-state index contributed by atoms with van der Waals surface area (Å²) in [5.41, 5.74) is 4.33. The first-order valence-corrected chi connectivity index (χ1v) is 12.2. The van der Waals surface area contributed by atoms with Crippen LogP contribution >= 0.6 is 36.4 Å². The molecule has 3 nitrogen and oxygen atoms in total. The summed E-state index contributed by atoms with van der Waals surface area (Å²) >= 11 is 6.28. The lowest BCUT2D eigenvalue weighted by Gasteiger charge is -2.48. The monoisotopic (exact) mass is 507 g/mol. The number of H-pyrrole nitrogens is 1. The number of halogens is 3. The lowest BCUT2D eigenvalue weighted by molar-refractivity contribution is 0.0401. The first-order chi connectivity index (χ1) is 15.1. The van der Waals surface area contributed by atoms with Crippen molar-refractivity contribution in [1.29, 1.82) is 0 Å². The highest BCUT2D eigenvalue weighted by Gasteiger charge is 2.40. The van der Waals surface area contributed by atoms with Gasteiger partial charge in [-0.15, -0.1) is 24.8 Å². The van der Waals surface area contributed by atoms with Gasteiger partial charge >= 0.3 is 0 Å². The van der Waals surface area contributed by atoms with E-state index in [-0.39, 0.29) is 30.4 Å². The molecule has 5 rings (SSSR count). The van der Waals surface area contributed by atoms with Crippen molar-refractivity contribution in [3.8, 4) is 0 Å². The van der Waals surface area contributed by atoms with Crippen LogP contribution in [0, 0.1) is 0 Å². The fraction of sp³-hybridized carbons (Fsp3) is 0.481. The van der Waals surface area contributed by atoms with Crippen LogP contribution in [0.15, 0.2) is 54.7 Å². The van der Waals surface area contributed by atoms with Gasteiger partial charge in [0, 0.05) is 33.7 Å². The maximum Gasteiger partial charge on any atom is 0.0457 e. The second kappa shape index (κ2) is 11.0. The number of aromatic nitrogens is 1. The lowest BCUT2D eigenvalue weighted by Crippen LogP contribution is -2.50. The van der Waals surface area contributed by atoms with Crippen LogP contribution < -0.4 is 0 Å². The molecule has 0 atom stereocenters. The molecule has 3 aromatic rings. The molecule has 0 spiro atoms. The van der Waals surface area contributed by atoms with Crippen LogP contribution in [-0.2, 0) is 5.54 Å². The zero-order valence-corrected chi connectivity index (χ0v) is 22.0. The maximum absolute atomic E-state index is 6.28. The van der Waals surface area contributed by atoms with E-state index in [2.05, 4.69) is 77.5 Å². The van der Waals surface area contributed by atoms with E-state index in [0.717, 1.165) is 11.1 Å². The fourth-order valence-electron chi connectivity index (χ4n) is 6.22. The van der Waals surface area contributed by atoms with Crippen LogP contribution in [0.25, 0.3) is 10.9 Å². The predicted octanol–water partition coefficient (Wildman–Crippen LogP) is 7.24. The van der Waals surface area contributed by atoms with Crippen molar-refractivity contribution >= 4 is 47.3 Å². The summed E-state index contributed by atoms with van der Waals surface area (Å²) in [6.07, 6.45) is 9.78. The number of hydrogen-bond acceptors (Lipinski definition) is 2. The van der Waals surface area contributed by atoms with E-state index < -0.39 is 0 Å². The van der Waals surface area contributed by atoms with Gasteiger partial charge in [-0.2, -0.15) is 0 Å². The summed E-state index contributed by atoms with van der Waals surface area (Å²) in [6.45, 7) is 2.42. The minimum Gasteiger partial charge on any atom is -0.361 e. The van der Waals surface area contributed by atoms with E-state index in [9.17, 15) is 0 Å². The first kappa shape index (κ1) is 26.4. The number of hydrogen-bond donors (Lipinski definition) is 1. The largest absolute Gasteiger partial charge is 0.361 e. The number of aromatic amines is 1. The molecule has 1 saturated heterocycles. The van der Waals surface area contributed by atoms with Gasteiger partial charge in [0.1, 0.15) is 0 Å². The van der Waals surface area contributed by atoms with Gasteiger partial charge < -0.3 is 9.88 Å². The molecule has 1 aromatic heterocycles. The molecule has 0 amide bonds. The molecule has 0 unspecified atom stereocenters. The van der Waals surface area contributed by atoms with Gasteiger partial charge in [-0.3, -0.25) is 4.90 Å². The highest BCUT2D eigenvalue weighted by molar-refractivity contribution is 6.31. The Kier molecular flexibility index (Phi) is 8.80. The first-order valence-electron chi connectivity index (χ1n) is 11.8. The second-order valence-corrected chi connectivity index (χ2v) is 10.2. The summed E-state index contributed by atoms with van der Waals surface area (Å²) in [7, 11) is 4.51. The van der Waals surface area contributed by atoms with Crippen LogP contribution in [0.3, 0.4) is 0 Å². The average molecular weight is 509 g/mol. The van der Waals surface area contributed by atoms with Crippen molar-refractivity contribution in [2.45, 2.75) is 56.0 Å². The Labute approximate surface area is 215 Å². The Bertz CT molecular complexity index is 1020. The zero-order chi connectivity index (χ0) is 21.4. The Hall–Kier alpha value is -1.23. The van der Waals surface area contributed by atoms with Crippen LogP contribution in [0.5, 0.6) is 0 Å². The summed E-state index contributed by atoms with van der Waals surface area (Å²) in [5, 5.41) is 2.14. The topological polar surface area (TPSA) is 22.3 Å². The van der Waals surface area contributed by atoms with Crippen LogP contribution in [0.4, 0.5) is 0 Å². The third-order valence-electron chi connectivity index (χ3n) is 8.11. The van der Waals surface area contributed by atoms with Gasteiger partial charge in [-0.05, 0) is 101 Å². The Morgan fingerprint density at radius 2 is 1.61 bits per heavy atom. The van der Waals surface area contributed by atoms with Crippen LogP contribution in [-0.4, -0.2) is 48.0 Å². The van der Waals surface area contributed by atoms with Crippen molar-refractivity contribution in [2.75, 3.05) is 27.2 Å². The zero-order valence-electron chi connectivity index (χ0n) is 19.6. The van der Waals surface area contributed by atoms with E-state index in [0.29, 0.717) is 5.92 Å². The molecule has 0 radical (unpaired) electrons. The third kappa shape index (κ3) is 5.09. The van der Waals surface area contributed by atoms with Crippen molar-refractivity contribution in [3.63, 3.8) is 0 Å². The van der Waals surface area contributed by atoms with Gasteiger partial charge in [0.05, 0.1) is 0 Å². The summed E-state index contributed by atoms with van der Waals surface area (Å²) in [5.74, 6) is 0.636. The van der Waals surface area contributed by atoms with Gasteiger partial charge in [0.25, 0.3) is 0 Å². The normalized spacial score (nSPS) is 24.4. The number of benzene rings is 2. The van der Waals surface area contributed by atoms with Gasteiger partial charge in [0.15, 0.2) is 0 Å². The number of fused-ring (bicyclic) bond motifs is 1. The highest BCUT2D eigenvalue weighted by atomic mass is 35.5. The number of nitrogens with zero attached hydrogens (tertiary/aromatic N) is 2. The molecule has 2 heterocycles. The Morgan fingerprint density at radius 3 is 2.24 bits per heavy atom. The quantitative estimate of drug-likeness (QED) is 0.401. The molecule has 1 N–H and O–H groups in total. The van der Waals surface area contributed by atoms with Crippen LogP contribution in [0.1, 0.15) is 55.6 Å². The summed E-state index contributed by atoms with van der Waals surface area (Å²) in [4.78, 5) is 8.69. The van der Waals surface area contributed by atoms with Gasteiger partial charge in [0.2, 0.25) is 0 Å². The molecule has 0 bridgehead atoms. The average Bonchev–Trinajstić information content (AvgIpc) is 3.23. The van der Waals surface area contributed by atoms with Crippen molar-refractivity contribution in [2.24, 2.45) is 0 Å². The second-order valence-electron chi connectivity index (χ2n) is 9.77. The molecule has 180 valence electrons. The molecule has 2 aliphatic rings. The molecule has 6 heteroatoms. The molecule has 1 aliphatic heterocycles. The molecule has 1 saturated carbocycles. The van der Waals surface area contributed by atoms with E-state index in [1.165, 1.54) is 73.6 Å². The van der Waals surface area contributed by atoms with Crippen LogP contribution in [0.2, 0.25) is 5.02 Å². The standard InChI is InChI=1S/C27H34ClN3.2ClH/c1-30(2)27(21-6-4-3-5-7-21)14-10-23(11-15-27)31-16-12-20(13-17-31)25-19-29-26-9-8-22(28)18-24(25)26;;/h3-9,18-20,23,29H,10-17H2,1-2H3;2*1H. The fourth-order valence-corrected chi connectivity index (χ4v) is 6.39. The SMILES string of the molecule is CN(C)C1(c2ccccc2)CCC(N2CCC(c3c[nH]c4ccc(Cl)cc34)CC2)CC1.Cl.Cl. The molecular weight excluding hydrogens is 473 g/mol. The number of nitrogens with one attached hydrogen (secondary N) is 1. The van der Waals surface area contributed by atoms with E-state index in [4.69, 9.17) is 11.6 Å². The lowest BCUT2D eigenvalue weighted by atomic mass is 9.73. The minimum atomic E-state index is 0. The molecule has 2 aromatic carbocycles. The third-order valence-corrected chi connectivity index (χ3v) is 8.35. The summed E-state index contributed by atoms with van der Waals surface area (Å²) < 4.78 is 0. The summed E-state index contributed by atoms with van der Waals surface area (Å²) in [6, 6.07) is 18.1. The van der Waals surface area contributed by atoms with E-state index >= 15 is 0 Å². The smallest absolute Gasteiger partial charge is 0.0457 e. The van der Waals surface area contributed by atoms with E-state index in [1.807, 2.05) is 6.07 Å². The molecular formula is C27H36Cl3N3. The molecule has 33 heavy (non-hydrogen) atoms. The predicted molar refractivity (Wildman–Crippen MR) is 145 cm³/mol. The Balaban J connectivity index is 0.00000153. The number of piperidine rings is 1. The Morgan fingerprint density at radius 1 is 0.939 bits per heavy atom. The van der Waals surface area contributed by atoms with Crippen molar-refractivity contribution in [1.82, 2.24) is 14.8 Å². The molecule has 2 fully saturated rings. The van der Waals surface area contributed by atoms with Gasteiger partial charge in [-0.25, -0.2) is 0 Å². The highest BCUT2D eigenvalue weighted by Crippen LogP contribution is 2.43. The maximum atomic E-state index is 6.28. The van der Waals surface area contributed by atoms with Crippen molar-refractivity contribution < 1.29 is 0 Å².